The Labute approximate surface area is 51.7 Å². The number of nitrogens with two attached hydrogens (primary N) is 1. The third-order valence-electron chi connectivity index (χ3n) is 1.26. The molecule has 0 fully saturated rings. The van der Waals surface area contributed by atoms with Crippen molar-refractivity contribution in [3.05, 3.63) is 6.17 Å². The molecule has 2 nitrogen and oxygen atoms in total. The molecular weight excluding hydrogens is 100 g/mol. The molecule has 0 bridgehead atoms. The lowest BCUT2D eigenvalue weighted by Gasteiger charge is -2.20. The molecule has 0 heterocycles. The second kappa shape index (κ2) is 3.87. The van der Waals surface area contributed by atoms with Crippen molar-refractivity contribution in [3.63, 3.8) is 0 Å². The van der Waals surface area contributed by atoms with Crippen LogP contribution in [0, 0.1) is 6.17 Å². The first-order valence-electron chi connectivity index (χ1n) is 3.06. The minimum atomic E-state index is 0.912. The molecule has 0 rings (SSSR count). The van der Waals surface area contributed by atoms with Crippen molar-refractivity contribution < 1.29 is 0 Å². The summed E-state index contributed by atoms with van der Waals surface area (Å²) < 4.78 is 0. The van der Waals surface area contributed by atoms with Crippen LogP contribution in [0.5, 0.6) is 0 Å². The first kappa shape index (κ1) is 7.92. The van der Waals surface area contributed by atoms with Gasteiger partial charge in [0.15, 0.2) is 0 Å². The minimum absolute atomic E-state index is 0.912. The van der Waals surface area contributed by atoms with Crippen molar-refractivity contribution in [3.8, 4) is 0 Å². The second-order valence-corrected chi connectivity index (χ2v) is 1.81. The molecule has 0 aromatic carbocycles. The molecule has 0 spiro atoms. The molecule has 2 heteroatoms. The maximum atomic E-state index is 5.50. The van der Waals surface area contributed by atoms with Gasteiger partial charge in [-0.1, -0.05) is 13.8 Å². The van der Waals surface area contributed by atoms with Gasteiger partial charge < -0.3 is 5.73 Å². The minimum Gasteiger partial charge on any atom is -0.311 e. The molecule has 2 N–H and O–H groups in total. The van der Waals surface area contributed by atoms with Gasteiger partial charge in [0.05, 0.1) is 6.17 Å². The van der Waals surface area contributed by atoms with E-state index in [0.717, 1.165) is 19.3 Å². The van der Waals surface area contributed by atoms with E-state index in [4.69, 9.17) is 5.73 Å². The van der Waals surface area contributed by atoms with Crippen LogP contribution in [-0.2, 0) is 0 Å². The van der Waals surface area contributed by atoms with Crippen molar-refractivity contribution >= 4 is 0 Å². The lowest BCUT2D eigenvalue weighted by molar-refractivity contribution is 0.318. The quantitative estimate of drug-likeness (QED) is 0.589. The summed E-state index contributed by atoms with van der Waals surface area (Å²) in [6.07, 6.45) is 0.912. The van der Waals surface area contributed by atoms with Crippen LogP contribution >= 0.6 is 0 Å². The molecule has 0 aliphatic rings. The van der Waals surface area contributed by atoms with Crippen LogP contribution in [-0.4, -0.2) is 18.0 Å². The Morgan fingerprint density at radius 3 is 1.75 bits per heavy atom. The molecule has 0 unspecified atom stereocenters. The summed E-state index contributed by atoms with van der Waals surface area (Å²) in [7, 11) is 0. The van der Waals surface area contributed by atoms with E-state index in [1.807, 2.05) is 6.92 Å². The highest BCUT2D eigenvalue weighted by Gasteiger charge is 2.02. The van der Waals surface area contributed by atoms with Crippen LogP contribution in [0.25, 0.3) is 0 Å². The molecule has 1 radical (unpaired) electrons. The van der Waals surface area contributed by atoms with Gasteiger partial charge in [0.2, 0.25) is 0 Å². The Morgan fingerprint density at radius 2 is 1.75 bits per heavy atom. The topological polar surface area (TPSA) is 29.3 Å². The van der Waals surface area contributed by atoms with Gasteiger partial charge in [-0.05, 0) is 20.0 Å². The van der Waals surface area contributed by atoms with Crippen LogP contribution in [0.15, 0.2) is 0 Å². The van der Waals surface area contributed by atoms with Crippen LogP contribution in [0.2, 0.25) is 0 Å². The fraction of sp³-hybridized carbons (Fsp3) is 0.833. The maximum absolute atomic E-state index is 5.50. The summed E-state index contributed by atoms with van der Waals surface area (Å²) in [5, 5.41) is 0. The number of nitrogens with zero attached hydrogens (tertiary/aromatic N) is 1. The van der Waals surface area contributed by atoms with E-state index in [1.165, 1.54) is 0 Å². The van der Waals surface area contributed by atoms with Crippen molar-refractivity contribution in [2.45, 2.75) is 20.8 Å². The number of hydrogen-bond donors (Lipinski definition) is 1. The summed E-state index contributed by atoms with van der Waals surface area (Å²) in [5.74, 6) is 0. The van der Waals surface area contributed by atoms with E-state index in [1.54, 1.807) is 0 Å². The molecule has 0 aliphatic heterocycles. The van der Waals surface area contributed by atoms with E-state index in [-0.39, 0.29) is 0 Å². The highest BCUT2D eigenvalue weighted by atomic mass is 15.2. The van der Waals surface area contributed by atoms with E-state index in [0.29, 0.717) is 0 Å². The van der Waals surface area contributed by atoms with Gasteiger partial charge >= 0.3 is 0 Å². The second-order valence-electron chi connectivity index (χ2n) is 1.81. The summed E-state index contributed by atoms with van der Waals surface area (Å²) in [6.45, 7) is 8.14. The fourth-order valence-electron chi connectivity index (χ4n) is 0.722. The molecule has 0 aliphatic carbocycles. The van der Waals surface area contributed by atoms with Crippen LogP contribution in [0.4, 0.5) is 0 Å². The molecule has 8 heavy (non-hydrogen) atoms. The van der Waals surface area contributed by atoms with Crippen molar-refractivity contribution in [2.24, 2.45) is 5.73 Å². The zero-order valence-corrected chi connectivity index (χ0v) is 5.94. The monoisotopic (exact) mass is 115 g/mol. The Hall–Kier alpha value is -0.0800. The summed E-state index contributed by atoms with van der Waals surface area (Å²) in [4.78, 5) is 2.11. The third kappa shape index (κ3) is 2.28. The molecule has 0 aromatic heterocycles. The zero-order chi connectivity index (χ0) is 6.57. The summed E-state index contributed by atoms with van der Waals surface area (Å²) >= 11 is 0. The van der Waals surface area contributed by atoms with Gasteiger partial charge in [-0.2, -0.15) is 0 Å². The van der Waals surface area contributed by atoms with E-state index >= 15 is 0 Å². The Kier molecular flexibility index (Phi) is 3.83. The van der Waals surface area contributed by atoms with Crippen molar-refractivity contribution in [2.75, 3.05) is 13.1 Å². The lowest BCUT2D eigenvalue weighted by Crippen LogP contribution is -2.31. The highest BCUT2D eigenvalue weighted by Crippen LogP contribution is 1.95. The van der Waals surface area contributed by atoms with Gasteiger partial charge in [-0.25, -0.2) is 0 Å². The zero-order valence-electron chi connectivity index (χ0n) is 5.94. The Morgan fingerprint density at radius 1 is 1.38 bits per heavy atom. The average Bonchev–Trinajstić information content (AvgIpc) is 1.69. The van der Waals surface area contributed by atoms with E-state index < -0.39 is 0 Å². The van der Waals surface area contributed by atoms with Crippen molar-refractivity contribution in [1.82, 2.24) is 4.90 Å². The van der Waals surface area contributed by atoms with Gasteiger partial charge in [-0.3, -0.25) is 4.90 Å². The van der Waals surface area contributed by atoms with E-state index in [2.05, 4.69) is 18.7 Å². The molecular formula is C6H15N2. The first-order chi connectivity index (χ1) is 3.72. The molecule has 0 aromatic rings. The average molecular weight is 115 g/mol. The van der Waals surface area contributed by atoms with Gasteiger partial charge in [0.25, 0.3) is 0 Å². The smallest absolute Gasteiger partial charge is 0.0978 e. The number of hydrogen-bond acceptors (Lipinski definition) is 2. The first-order valence-corrected chi connectivity index (χ1v) is 3.06. The van der Waals surface area contributed by atoms with Crippen LogP contribution in [0.3, 0.4) is 0 Å². The Bertz CT molecular complexity index is 48.5. The van der Waals surface area contributed by atoms with Gasteiger partial charge in [0.1, 0.15) is 0 Å². The molecule has 0 saturated carbocycles. The van der Waals surface area contributed by atoms with E-state index in [9.17, 15) is 0 Å². The predicted octanol–water partition coefficient (Wildman–Crippen LogP) is 0.796. The molecule has 0 saturated heterocycles. The lowest BCUT2D eigenvalue weighted by atomic mass is 10.4. The van der Waals surface area contributed by atoms with Crippen molar-refractivity contribution in [1.29, 1.82) is 0 Å². The highest BCUT2D eigenvalue weighted by molar-refractivity contribution is 4.73. The number of rotatable bonds is 3. The molecule has 0 atom stereocenters. The Balaban J connectivity index is 3.35. The normalized spacial score (nSPS) is 11.2. The maximum Gasteiger partial charge on any atom is 0.0978 e. The summed E-state index contributed by atoms with van der Waals surface area (Å²) in [6, 6.07) is 0. The van der Waals surface area contributed by atoms with Gasteiger partial charge in [0, 0.05) is 0 Å². The van der Waals surface area contributed by atoms with Gasteiger partial charge in [-0.15, -0.1) is 0 Å². The summed E-state index contributed by atoms with van der Waals surface area (Å²) in [5.41, 5.74) is 5.50. The predicted molar refractivity (Wildman–Crippen MR) is 36.0 cm³/mol. The van der Waals surface area contributed by atoms with Crippen LogP contribution in [0.1, 0.15) is 20.8 Å². The SMILES string of the molecule is CCN(CC)[C](C)N. The third-order valence-corrected chi connectivity index (χ3v) is 1.26. The molecule has 0 amide bonds. The molecule has 49 valence electrons. The largest absolute Gasteiger partial charge is 0.311 e. The fourth-order valence-corrected chi connectivity index (χ4v) is 0.722. The standard InChI is InChI=1S/C6H15N2/c1-4-8(5-2)6(3)7/h4-5,7H2,1-3H3. The van der Waals surface area contributed by atoms with Crippen LogP contribution < -0.4 is 5.73 Å².